The zero-order valence-electron chi connectivity index (χ0n) is 35.1. The van der Waals surface area contributed by atoms with Crippen LogP contribution in [0.25, 0.3) is 0 Å². The molecule has 0 radical (unpaired) electrons. The van der Waals surface area contributed by atoms with E-state index in [9.17, 15) is 0 Å². The van der Waals surface area contributed by atoms with E-state index in [2.05, 4.69) is 182 Å². The van der Waals surface area contributed by atoms with E-state index in [1.807, 2.05) is 0 Å². The maximum atomic E-state index is 7.06. The van der Waals surface area contributed by atoms with Gasteiger partial charge >= 0.3 is 8.60 Å². The van der Waals surface area contributed by atoms with E-state index in [0.717, 1.165) is 17.2 Å². The lowest BCUT2D eigenvalue weighted by Gasteiger charge is -2.34. The second-order valence-electron chi connectivity index (χ2n) is 20.3. The Labute approximate surface area is 302 Å². The summed E-state index contributed by atoms with van der Waals surface area (Å²) in [5.74, 6) is 2.43. The van der Waals surface area contributed by atoms with Gasteiger partial charge in [-0.2, -0.15) is 0 Å². The van der Waals surface area contributed by atoms with Gasteiger partial charge < -0.3 is 13.6 Å². The fourth-order valence-electron chi connectivity index (χ4n) is 7.82. The lowest BCUT2D eigenvalue weighted by atomic mass is 9.76. The molecule has 0 saturated heterocycles. The van der Waals surface area contributed by atoms with Gasteiger partial charge in [0.1, 0.15) is 17.2 Å². The molecule has 3 aromatic carbocycles. The van der Waals surface area contributed by atoms with Gasteiger partial charge in [0.15, 0.2) is 0 Å². The van der Waals surface area contributed by atoms with Crippen LogP contribution >= 0.6 is 8.60 Å². The van der Waals surface area contributed by atoms with Crippen LogP contribution in [0.2, 0.25) is 0 Å². The van der Waals surface area contributed by atoms with Crippen LogP contribution in [0.1, 0.15) is 175 Å². The minimum Gasteiger partial charge on any atom is -0.408 e. The summed E-state index contributed by atoms with van der Waals surface area (Å²) in [5.41, 5.74) is 10.8. The summed E-state index contributed by atoms with van der Waals surface area (Å²) in [6, 6.07) is 13.1. The van der Waals surface area contributed by atoms with Crippen LogP contribution in [0.4, 0.5) is 0 Å². The summed E-state index contributed by atoms with van der Waals surface area (Å²) in [4.78, 5) is 0. The van der Waals surface area contributed by atoms with Crippen molar-refractivity contribution < 1.29 is 13.6 Å². The summed E-state index contributed by atoms with van der Waals surface area (Å²) >= 11 is 0. The van der Waals surface area contributed by atoms with Gasteiger partial charge in [-0.15, -0.1) is 0 Å². The highest BCUT2D eigenvalue weighted by Gasteiger charge is 2.35. The zero-order valence-corrected chi connectivity index (χ0v) is 36.0. The molecule has 0 unspecified atom stereocenters. The summed E-state index contributed by atoms with van der Waals surface area (Å²) in [6.07, 6.45) is 0. The first-order chi connectivity index (χ1) is 21.9. The van der Waals surface area contributed by atoms with Crippen LogP contribution in [0.3, 0.4) is 0 Å². The van der Waals surface area contributed by atoms with Gasteiger partial charge in [0, 0.05) is 16.7 Å². The Kier molecular flexibility index (Phi) is 11.3. The molecular weight excluding hydrogens is 619 g/mol. The molecule has 49 heavy (non-hydrogen) atoms. The molecule has 3 rings (SSSR count). The van der Waals surface area contributed by atoms with E-state index in [1.165, 1.54) is 50.1 Å². The largest absolute Gasteiger partial charge is 0.530 e. The maximum absolute atomic E-state index is 7.06. The van der Waals surface area contributed by atoms with Crippen LogP contribution in [0.5, 0.6) is 17.2 Å². The van der Waals surface area contributed by atoms with Crippen molar-refractivity contribution in [1.29, 1.82) is 0 Å². The molecule has 0 amide bonds. The van der Waals surface area contributed by atoms with Crippen molar-refractivity contribution in [2.24, 2.45) is 0 Å². The van der Waals surface area contributed by atoms with Crippen LogP contribution in [0, 0.1) is 20.8 Å². The number of benzene rings is 3. The van der Waals surface area contributed by atoms with Gasteiger partial charge in [-0.1, -0.05) is 143 Å². The molecule has 3 aromatic rings. The molecule has 0 atom stereocenters. The first kappa shape index (κ1) is 40.9. The van der Waals surface area contributed by atoms with Crippen molar-refractivity contribution in [2.45, 2.75) is 178 Å². The van der Waals surface area contributed by atoms with Crippen molar-refractivity contribution in [3.05, 3.63) is 86.5 Å². The van der Waals surface area contributed by atoms with Gasteiger partial charge in [0.05, 0.1) is 0 Å². The Bertz CT molecular complexity index is 1450. The molecule has 0 aliphatic carbocycles. The minimum absolute atomic E-state index is 0.00221. The second kappa shape index (κ2) is 13.6. The monoisotopic (exact) mass is 688 g/mol. The lowest BCUT2D eigenvalue weighted by molar-refractivity contribution is 0.371. The van der Waals surface area contributed by atoms with Crippen molar-refractivity contribution >= 4 is 8.60 Å². The lowest BCUT2D eigenvalue weighted by Crippen LogP contribution is -2.22. The summed E-state index contributed by atoms with van der Waals surface area (Å²) in [6.45, 7) is 47.5. The molecule has 272 valence electrons. The standard InChI is InChI=1S/C45H69O3P/c1-28-31(40(4,5)6)22-25-34(37(28)43(13,14)15)46-49(47-35-26-23-32(41(7,8)9)29(2)38(35)44(16,17)18)48-36-27-24-33(42(10,11)12)30(3)39(36)45(19,20)21/h22-27H,1-21H3. The highest BCUT2D eigenvalue weighted by Crippen LogP contribution is 2.52. The summed E-state index contributed by atoms with van der Waals surface area (Å²) in [7, 11) is -1.93. The fraction of sp³-hybridized carbons (Fsp3) is 0.600. The first-order valence-corrected chi connectivity index (χ1v) is 19.2. The molecule has 0 N–H and O–H groups in total. The third-order valence-electron chi connectivity index (χ3n) is 9.47. The van der Waals surface area contributed by atoms with E-state index in [1.54, 1.807) is 0 Å². The molecule has 0 aromatic heterocycles. The second-order valence-corrected chi connectivity index (χ2v) is 21.3. The molecule has 0 heterocycles. The molecule has 4 heteroatoms. The number of rotatable bonds is 6. The highest BCUT2D eigenvalue weighted by molar-refractivity contribution is 7.43. The van der Waals surface area contributed by atoms with Crippen LogP contribution in [-0.2, 0) is 32.5 Å². The Morgan fingerprint density at radius 3 is 0.694 bits per heavy atom. The van der Waals surface area contributed by atoms with Gasteiger partial charge in [-0.25, -0.2) is 0 Å². The SMILES string of the molecule is Cc1c(C(C)(C)C)ccc(OP(Oc2ccc(C(C)(C)C)c(C)c2C(C)(C)C)Oc2ccc(C(C)(C)C)c(C)c2C(C)(C)C)c1C(C)(C)C. The molecule has 3 nitrogen and oxygen atoms in total. The molecule has 0 fully saturated rings. The van der Waals surface area contributed by atoms with Crippen LogP contribution in [-0.4, -0.2) is 0 Å². The Hall–Kier alpha value is -2.51. The number of hydrogen-bond acceptors (Lipinski definition) is 3. The van der Waals surface area contributed by atoms with Gasteiger partial charge in [-0.3, -0.25) is 0 Å². The van der Waals surface area contributed by atoms with Crippen molar-refractivity contribution in [3.63, 3.8) is 0 Å². The molecule has 0 spiro atoms. The third kappa shape index (κ3) is 9.24. The molecule has 0 bridgehead atoms. The van der Waals surface area contributed by atoms with E-state index in [-0.39, 0.29) is 32.5 Å². The molecule has 0 saturated carbocycles. The molecular formula is C45H69O3P. The number of hydrogen-bond donors (Lipinski definition) is 0. The average Bonchev–Trinajstić information content (AvgIpc) is 2.84. The third-order valence-corrected chi connectivity index (χ3v) is 10.5. The highest BCUT2D eigenvalue weighted by atomic mass is 31.2. The fourth-order valence-corrected chi connectivity index (χ4v) is 8.87. The van der Waals surface area contributed by atoms with Gasteiger partial charge in [-0.05, 0) is 105 Å². The van der Waals surface area contributed by atoms with E-state index in [4.69, 9.17) is 13.6 Å². The van der Waals surface area contributed by atoms with Crippen molar-refractivity contribution in [2.75, 3.05) is 0 Å². The Morgan fingerprint density at radius 1 is 0.327 bits per heavy atom. The van der Waals surface area contributed by atoms with Gasteiger partial charge in [0.2, 0.25) is 0 Å². The summed E-state index contributed by atoms with van der Waals surface area (Å²) in [5, 5.41) is 0. The van der Waals surface area contributed by atoms with Crippen molar-refractivity contribution in [1.82, 2.24) is 0 Å². The average molecular weight is 689 g/mol. The predicted octanol–water partition coefficient (Wildman–Crippen LogP) is 14.2. The zero-order chi connectivity index (χ0) is 37.9. The smallest absolute Gasteiger partial charge is 0.408 e. The predicted molar refractivity (Wildman–Crippen MR) is 215 cm³/mol. The van der Waals surface area contributed by atoms with E-state index >= 15 is 0 Å². The first-order valence-electron chi connectivity index (χ1n) is 18.1. The molecule has 0 aliphatic heterocycles. The normalized spacial score (nSPS) is 13.6. The summed E-state index contributed by atoms with van der Waals surface area (Å²) < 4.78 is 21.2. The van der Waals surface area contributed by atoms with E-state index < -0.39 is 8.60 Å². The quantitative estimate of drug-likeness (QED) is 0.241. The van der Waals surface area contributed by atoms with Crippen molar-refractivity contribution in [3.8, 4) is 17.2 Å². The van der Waals surface area contributed by atoms with Gasteiger partial charge in [0.25, 0.3) is 0 Å². The van der Waals surface area contributed by atoms with E-state index in [0.29, 0.717) is 0 Å². The minimum atomic E-state index is -1.93. The Morgan fingerprint density at radius 2 is 0.531 bits per heavy atom. The maximum Gasteiger partial charge on any atom is 0.530 e. The molecule has 0 aliphatic rings. The van der Waals surface area contributed by atoms with Crippen LogP contribution < -0.4 is 13.6 Å². The topological polar surface area (TPSA) is 27.7 Å². The van der Waals surface area contributed by atoms with Crippen LogP contribution in [0.15, 0.2) is 36.4 Å². The Balaban J connectivity index is 2.35.